The molecule has 3 nitrogen and oxygen atoms in total. The van der Waals surface area contributed by atoms with Crippen LogP contribution in [0.1, 0.15) is 20.8 Å². The normalized spacial score (nSPS) is 12.3. The van der Waals surface area contributed by atoms with Crippen molar-refractivity contribution in [1.82, 2.24) is 4.90 Å². The Morgan fingerprint density at radius 1 is 1.50 bits per heavy atom. The summed E-state index contributed by atoms with van der Waals surface area (Å²) in [6, 6.07) is 1.93. The maximum Gasteiger partial charge on any atom is 0.239 e. The van der Waals surface area contributed by atoms with Gasteiger partial charge in [-0.1, -0.05) is 13.8 Å². The van der Waals surface area contributed by atoms with E-state index >= 15 is 0 Å². The van der Waals surface area contributed by atoms with Crippen LogP contribution in [0.25, 0.3) is 0 Å². The SMILES string of the molecule is CC(C)CN(C)C(=O)C(C)C#N. The fourth-order valence-corrected chi connectivity index (χ4v) is 1.02. The van der Waals surface area contributed by atoms with E-state index in [2.05, 4.69) is 0 Å². The zero-order valence-electron chi connectivity index (χ0n) is 8.16. The Hall–Kier alpha value is -1.04. The molecule has 0 heterocycles. The Morgan fingerprint density at radius 2 is 2.00 bits per heavy atom. The van der Waals surface area contributed by atoms with Gasteiger partial charge in [-0.15, -0.1) is 0 Å². The van der Waals surface area contributed by atoms with Gasteiger partial charge >= 0.3 is 0 Å². The number of carbonyl (C=O) groups excluding carboxylic acids is 1. The van der Waals surface area contributed by atoms with Crippen LogP contribution >= 0.6 is 0 Å². The maximum atomic E-state index is 11.3. The van der Waals surface area contributed by atoms with Crippen molar-refractivity contribution in [3.05, 3.63) is 0 Å². The highest BCUT2D eigenvalue weighted by atomic mass is 16.2. The van der Waals surface area contributed by atoms with Crippen LogP contribution < -0.4 is 0 Å². The molecular weight excluding hydrogens is 152 g/mol. The van der Waals surface area contributed by atoms with E-state index in [0.29, 0.717) is 12.5 Å². The molecule has 0 N–H and O–H groups in total. The van der Waals surface area contributed by atoms with Crippen LogP contribution in [0.15, 0.2) is 0 Å². The van der Waals surface area contributed by atoms with Gasteiger partial charge in [0.2, 0.25) is 5.91 Å². The number of hydrogen-bond donors (Lipinski definition) is 0. The number of amides is 1. The van der Waals surface area contributed by atoms with Gasteiger partial charge < -0.3 is 4.90 Å². The van der Waals surface area contributed by atoms with Crippen molar-refractivity contribution < 1.29 is 4.79 Å². The minimum absolute atomic E-state index is 0.0915. The molecule has 0 aliphatic rings. The van der Waals surface area contributed by atoms with Crippen LogP contribution in [0, 0.1) is 23.2 Å². The fraction of sp³-hybridized carbons (Fsp3) is 0.778. The van der Waals surface area contributed by atoms with Crippen LogP contribution in [0.3, 0.4) is 0 Å². The average molecular weight is 168 g/mol. The summed E-state index contributed by atoms with van der Waals surface area (Å²) in [4.78, 5) is 12.9. The van der Waals surface area contributed by atoms with Gasteiger partial charge in [0.1, 0.15) is 5.92 Å². The first kappa shape index (κ1) is 11.0. The topological polar surface area (TPSA) is 44.1 Å². The second-order valence-electron chi connectivity index (χ2n) is 3.46. The van der Waals surface area contributed by atoms with Crippen LogP contribution in [0.4, 0.5) is 0 Å². The Balaban J connectivity index is 4.03. The highest BCUT2D eigenvalue weighted by molar-refractivity contribution is 5.80. The zero-order valence-corrected chi connectivity index (χ0v) is 8.16. The summed E-state index contributed by atoms with van der Waals surface area (Å²) in [7, 11) is 1.73. The second kappa shape index (κ2) is 4.76. The van der Waals surface area contributed by atoms with Gasteiger partial charge in [0.05, 0.1) is 6.07 Å². The van der Waals surface area contributed by atoms with E-state index in [1.54, 1.807) is 18.9 Å². The summed E-state index contributed by atoms with van der Waals surface area (Å²) in [6.45, 7) is 6.42. The summed E-state index contributed by atoms with van der Waals surface area (Å²) in [6.07, 6.45) is 0. The molecule has 3 heteroatoms. The molecule has 0 aromatic heterocycles. The number of carbonyl (C=O) groups is 1. The maximum absolute atomic E-state index is 11.3. The lowest BCUT2D eigenvalue weighted by molar-refractivity contribution is -0.132. The Kier molecular flexibility index (Phi) is 4.35. The molecule has 0 radical (unpaired) electrons. The third-order valence-electron chi connectivity index (χ3n) is 1.58. The van der Waals surface area contributed by atoms with E-state index in [-0.39, 0.29) is 5.91 Å². The summed E-state index contributed by atoms with van der Waals surface area (Å²) in [5.41, 5.74) is 0. The molecule has 68 valence electrons. The van der Waals surface area contributed by atoms with Gasteiger partial charge in [-0.05, 0) is 12.8 Å². The summed E-state index contributed by atoms with van der Waals surface area (Å²) >= 11 is 0. The molecule has 1 amide bonds. The molecule has 0 saturated carbocycles. The second-order valence-corrected chi connectivity index (χ2v) is 3.46. The van der Waals surface area contributed by atoms with Gasteiger partial charge in [0.25, 0.3) is 0 Å². The third kappa shape index (κ3) is 3.38. The molecule has 0 saturated heterocycles. The predicted molar refractivity (Wildman–Crippen MR) is 47.3 cm³/mol. The lowest BCUT2D eigenvalue weighted by Crippen LogP contribution is -2.33. The molecule has 0 aromatic rings. The van der Waals surface area contributed by atoms with Crippen LogP contribution in [0.5, 0.6) is 0 Å². The zero-order chi connectivity index (χ0) is 9.72. The molecule has 0 spiro atoms. The third-order valence-corrected chi connectivity index (χ3v) is 1.58. The molecule has 0 aliphatic heterocycles. The van der Waals surface area contributed by atoms with Gasteiger partial charge in [-0.2, -0.15) is 5.26 Å². The summed E-state index contributed by atoms with van der Waals surface area (Å²) in [5.74, 6) is -0.162. The van der Waals surface area contributed by atoms with Crippen LogP contribution in [0.2, 0.25) is 0 Å². The van der Waals surface area contributed by atoms with Crippen LogP contribution in [-0.4, -0.2) is 24.4 Å². The molecule has 0 bridgehead atoms. The van der Waals surface area contributed by atoms with E-state index in [0.717, 1.165) is 0 Å². The van der Waals surface area contributed by atoms with E-state index in [1.807, 2.05) is 19.9 Å². The number of hydrogen-bond acceptors (Lipinski definition) is 2. The smallest absolute Gasteiger partial charge is 0.239 e. The fourth-order valence-electron chi connectivity index (χ4n) is 1.02. The van der Waals surface area contributed by atoms with Crippen molar-refractivity contribution >= 4 is 5.91 Å². The first-order chi connectivity index (χ1) is 5.49. The van der Waals surface area contributed by atoms with Crippen molar-refractivity contribution in [2.75, 3.05) is 13.6 Å². The Labute approximate surface area is 74.0 Å². The molecule has 0 fully saturated rings. The average Bonchev–Trinajstić information content (AvgIpc) is 2.00. The molecular formula is C9H16N2O. The van der Waals surface area contributed by atoms with Crippen molar-refractivity contribution in [1.29, 1.82) is 5.26 Å². The van der Waals surface area contributed by atoms with Crippen LogP contribution in [-0.2, 0) is 4.79 Å². The number of nitriles is 1. The quantitative estimate of drug-likeness (QED) is 0.636. The summed E-state index contributed by atoms with van der Waals surface area (Å²) < 4.78 is 0. The van der Waals surface area contributed by atoms with Crippen molar-refractivity contribution in [3.8, 4) is 6.07 Å². The minimum atomic E-state index is -0.520. The van der Waals surface area contributed by atoms with Gasteiger partial charge in [-0.25, -0.2) is 0 Å². The highest BCUT2D eigenvalue weighted by Gasteiger charge is 2.16. The van der Waals surface area contributed by atoms with E-state index in [4.69, 9.17) is 5.26 Å². The van der Waals surface area contributed by atoms with Crippen molar-refractivity contribution in [3.63, 3.8) is 0 Å². The molecule has 1 atom stereocenters. The van der Waals surface area contributed by atoms with Crippen molar-refractivity contribution in [2.45, 2.75) is 20.8 Å². The highest BCUT2D eigenvalue weighted by Crippen LogP contribution is 2.02. The molecule has 0 rings (SSSR count). The standard InChI is InChI=1S/C9H16N2O/c1-7(2)6-11(4)9(12)8(3)5-10/h7-8H,6H2,1-4H3. The molecule has 1 unspecified atom stereocenters. The van der Waals surface area contributed by atoms with Crippen molar-refractivity contribution in [2.24, 2.45) is 11.8 Å². The van der Waals surface area contributed by atoms with E-state index in [1.165, 1.54) is 0 Å². The first-order valence-corrected chi connectivity index (χ1v) is 4.13. The molecule has 12 heavy (non-hydrogen) atoms. The predicted octanol–water partition coefficient (Wildman–Crippen LogP) is 1.26. The number of nitrogens with zero attached hydrogens (tertiary/aromatic N) is 2. The van der Waals surface area contributed by atoms with Gasteiger partial charge in [-0.3, -0.25) is 4.79 Å². The van der Waals surface area contributed by atoms with E-state index < -0.39 is 5.92 Å². The lowest BCUT2D eigenvalue weighted by Gasteiger charge is -2.20. The minimum Gasteiger partial charge on any atom is -0.344 e. The van der Waals surface area contributed by atoms with Gasteiger partial charge in [0.15, 0.2) is 0 Å². The monoisotopic (exact) mass is 168 g/mol. The number of rotatable bonds is 3. The molecule has 0 aliphatic carbocycles. The van der Waals surface area contributed by atoms with Gasteiger partial charge in [0, 0.05) is 13.6 Å². The Morgan fingerprint density at radius 3 is 2.33 bits per heavy atom. The Bertz CT molecular complexity index is 193. The van der Waals surface area contributed by atoms with E-state index in [9.17, 15) is 4.79 Å². The first-order valence-electron chi connectivity index (χ1n) is 4.13. The lowest BCUT2D eigenvalue weighted by atomic mass is 10.1. The largest absolute Gasteiger partial charge is 0.344 e. The molecule has 0 aromatic carbocycles. The summed E-state index contributed by atoms with van der Waals surface area (Å²) in [5, 5.41) is 8.49.